The molecule has 1 amide bonds. The van der Waals surface area contributed by atoms with Crippen molar-refractivity contribution in [2.75, 3.05) is 12.4 Å². The summed E-state index contributed by atoms with van der Waals surface area (Å²) in [6.07, 6.45) is 11.4. The van der Waals surface area contributed by atoms with Crippen LogP contribution in [0.4, 0.5) is 5.13 Å². The van der Waals surface area contributed by atoms with Gasteiger partial charge in [-0.1, -0.05) is 25.2 Å². The molecule has 0 aromatic carbocycles. The van der Waals surface area contributed by atoms with Crippen LogP contribution in [0.1, 0.15) is 60.5 Å². The molecule has 39 heavy (non-hydrogen) atoms. The zero-order valence-electron chi connectivity index (χ0n) is 22.7. The summed E-state index contributed by atoms with van der Waals surface area (Å²) >= 11 is 1.23. The Hall–Kier alpha value is -4.25. The Kier molecular flexibility index (Phi) is 8.92. The average Bonchev–Trinajstić information content (AvgIpc) is 3.32. The van der Waals surface area contributed by atoms with Crippen LogP contribution in [0, 0.1) is 13.8 Å². The van der Waals surface area contributed by atoms with E-state index in [-0.39, 0.29) is 5.91 Å². The number of pyridine rings is 2. The molecule has 0 spiro atoms. The van der Waals surface area contributed by atoms with Gasteiger partial charge in [-0.3, -0.25) is 25.1 Å². The van der Waals surface area contributed by atoms with E-state index in [9.17, 15) is 4.79 Å². The number of rotatable bonds is 7. The van der Waals surface area contributed by atoms with Gasteiger partial charge in [0.2, 0.25) is 0 Å². The van der Waals surface area contributed by atoms with Crippen molar-refractivity contribution in [3.63, 3.8) is 0 Å². The zero-order chi connectivity index (χ0) is 27.9. The average molecular weight is 545 g/mol. The number of nitrogens with two attached hydrogens (primary N) is 1. The maximum Gasteiger partial charge on any atom is 0.259 e. The van der Waals surface area contributed by atoms with Crippen molar-refractivity contribution in [3.8, 4) is 16.9 Å². The van der Waals surface area contributed by atoms with Crippen LogP contribution in [0.25, 0.3) is 27.2 Å². The number of aromatic nitrogens is 5. The van der Waals surface area contributed by atoms with Crippen LogP contribution in [0.3, 0.4) is 0 Å². The Morgan fingerprint density at radius 1 is 1.08 bits per heavy atom. The molecule has 0 saturated heterocycles. The first kappa shape index (κ1) is 27.8. The van der Waals surface area contributed by atoms with Crippen molar-refractivity contribution in [1.82, 2.24) is 24.9 Å². The summed E-state index contributed by atoms with van der Waals surface area (Å²) in [4.78, 5) is 40.6. The van der Waals surface area contributed by atoms with Crippen molar-refractivity contribution in [3.05, 3.63) is 59.6 Å². The van der Waals surface area contributed by atoms with Crippen molar-refractivity contribution in [2.24, 2.45) is 10.7 Å². The molecule has 1 saturated carbocycles. The minimum Gasteiger partial charge on any atom is -0.494 e. The number of hydrogen-bond acceptors (Lipinski definition) is 10. The molecule has 0 bridgehead atoms. The summed E-state index contributed by atoms with van der Waals surface area (Å²) in [5.74, 6) is 0.212. The van der Waals surface area contributed by atoms with Gasteiger partial charge in [0.25, 0.3) is 5.91 Å². The number of nitrogens with zero attached hydrogens (tertiary/aromatic N) is 6. The highest BCUT2D eigenvalue weighted by atomic mass is 32.1. The van der Waals surface area contributed by atoms with E-state index in [0.717, 1.165) is 29.8 Å². The summed E-state index contributed by atoms with van der Waals surface area (Å²) in [6, 6.07) is 4.09. The second-order valence-electron chi connectivity index (χ2n) is 8.74. The minimum absolute atomic E-state index is 0.353. The predicted octanol–water partition coefficient (Wildman–Crippen LogP) is 5.37. The Balaban J connectivity index is 0.00000172. The molecule has 1 aliphatic rings. The van der Waals surface area contributed by atoms with Gasteiger partial charge in [-0.05, 0) is 45.2 Å². The first-order valence-electron chi connectivity index (χ1n) is 12.8. The fourth-order valence-corrected chi connectivity index (χ4v) is 4.67. The van der Waals surface area contributed by atoms with Gasteiger partial charge < -0.3 is 10.5 Å². The van der Waals surface area contributed by atoms with Gasteiger partial charge >= 0.3 is 0 Å². The number of carbonyl (C=O) groups excluding carboxylic acids is 1. The number of anilines is 1. The van der Waals surface area contributed by atoms with E-state index in [0.29, 0.717) is 49.8 Å². The van der Waals surface area contributed by atoms with Gasteiger partial charge in [0, 0.05) is 52.7 Å². The van der Waals surface area contributed by atoms with Gasteiger partial charge in [0.15, 0.2) is 15.6 Å². The minimum atomic E-state index is -0.353. The number of aryl methyl sites for hydroxylation is 2. The standard InChI is InChI=1S/C26H26N8O2S.C2H6/c1-14-7-18(19-8-15(2)29-13-22(19)36-3)20(11-28-14)24(35)34-26-33-23-25(37-26)32-21(12-31-23)16(9-27)10-30-17-5-4-6-17;1-2/h7-13,17H,4-6,27H2,1-3H3,(H,31,33,34,35);1-2H3/b16-9+,30-10?;. The van der Waals surface area contributed by atoms with Crippen molar-refractivity contribution in [1.29, 1.82) is 0 Å². The summed E-state index contributed by atoms with van der Waals surface area (Å²) in [6.45, 7) is 7.76. The highest BCUT2D eigenvalue weighted by Gasteiger charge is 2.20. The highest BCUT2D eigenvalue weighted by molar-refractivity contribution is 7.21. The smallest absolute Gasteiger partial charge is 0.259 e. The second-order valence-corrected chi connectivity index (χ2v) is 9.72. The lowest BCUT2D eigenvalue weighted by Gasteiger charge is -2.20. The molecule has 0 unspecified atom stereocenters. The van der Waals surface area contributed by atoms with E-state index in [1.165, 1.54) is 24.0 Å². The number of thiazole rings is 1. The van der Waals surface area contributed by atoms with Crippen LogP contribution in [0.5, 0.6) is 5.75 Å². The second kappa shape index (κ2) is 12.5. The van der Waals surface area contributed by atoms with Gasteiger partial charge in [0.1, 0.15) is 5.75 Å². The van der Waals surface area contributed by atoms with Crippen molar-refractivity contribution >= 4 is 44.6 Å². The number of amides is 1. The number of hydrogen-bond donors (Lipinski definition) is 2. The predicted molar refractivity (Wildman–Crippen MR) is 156 cm³/mol. The molecule has 4 heterocycles. The third-order valence-electron chi connectivity index (χ3n) is 6.12. The number of aliphatic imine (C=N–C) groups is 1. The van der Waals surface area contributed by atoms with E-state index in [1.807, 2.05) is 39.8 Å². The molecule has 1 fully saturated rings. The quantitative estimate of drug-likeness (QED) is 0.296. The summed E-state index contributed by atoms with van der Waals surface area (Å²) in [5, 5.41) is 3.25. The lowest BCUT2D eigenvalue weighted by molar-refractivity contribution is 0.102. The SMILES string of the molecule is CC.COc1cnc(C)cc1-c1cc(C)ncc1C(=O)Nc1nc2ncc(/C(C=NC3CCC3)=C/N)nc2s1. The van der Waals surface area contributed by atoms with Crippen LogP contribution >= 0.6 is 11.3 Å². The van der Waals surface area contributed by atoms with Crippen molar-refractivity contribution in [2.45, 2.75) is 53.0 Å². The van der Waals surface area contributed by atoms with E-state index >= 15 is 0 Å². The van der Waals surface area contributed by atoms with Gasteiger partial charge in [-0.15, -0.1) is 0 Å². The molecule has 4 aromatic heterocycles. The van der Waals surface area contributed by atoms with Crippen LogP contribution in [0.15, 0.2) is 41.9 Å². The zero-order valence-corrected chi connectivity index (χ0v) is 23.5. The lowest BCUT2D eigenvalue weighted by atomic mass is 9.94. The summed E-state index contributed by atoms with van der Waals surface area (Å²) < 4.78 is 5.50. The van der Waals surface area contributed by atoms with Gasteiger partial charge in [-0.2, -0.15) is 4.98 Å². The topological polar surface area (TPSA) is 141 Å². The number of carbonyl (C=O) groups is 1. The van der Waals surface area contributed by atoms with Crippen LogP contribution in [0.2, 0.25) is 0 Å². The number of methoxy groups -OCH3 is 1. The Morgan fingerprint density at radius 3 is 2.46 bits per heavy atom. The van der Waals surface area contributed by atoms with E-state index < -0.39 is 0 Å². The molecule has 10 nitrogen and oxygen atoms in total. The Bertz CT molecular complexity index is 1540. The third kappa shape index (κ3) is 6.26. The maximum atomic E-state index is 13.4. The first-order valence-corrected chi connectivity index (χ1v) is 13.6. The normalized spacial score (nSPS) is 13.6. The molecule has 4 aromatic rings. The fourth-order valence-electron chi connectivity index (χ4n) is 3.88. The molecule has 1 aliphatic carbocycles. The number of allylic oxidation sites excluding steroid dienone is 1. The highest BCUT2D eigenvalue weighted by Crippen LogP contribution is 2.33. The third-order valence-corrected chi connectivity index (χ3v) is 6.97. The molecule has 0 radical (unpaired) electrons. The molecule has 202 valence electrons. The van der Waals surface area contributed by atoms with Gasteiger partial charge in [0.05, 0.1) is 30.8 Å². The summed E-state index contributed by atoms with van der Waals surface area (Å²) in [7, 11) is 1.57. The Morgan fingerprint density at radius 2 is 1.79 bits per heavy atom. The van der Waals surface area contributed by atoms with Gasteiger partial charge in [-0.25, -0.2) is 9.97 Å². The van der Waals surface area contributed by atoms with E-state index in [4.69, 9.17) is 10.5 Å². The van der Waals surface area contributed by atoms with Crippen molar-refractivity contribution < 1.29 is 9.53 Å². The number of ether oxygens (including phenoxy) is 1. The fraction of sp³-hybridized carbons (Fsp3) is 0.321. The largest absolute Gasteiger partial charge is 0.494 e. The van der Waals surface area contributed by atoms with Crippen LogP contribution < -0.4 is 15.8 Å². The van der Waals surface area contributed by atoms with Crippen LogP contribution in [-0.4, -0.2) is 50.2 Å². The number of fused-ring (bicyclic) bond motifs is 1. The molecule has 0 atom stereocenters. The molecule has 0 aliphatic heterocycles. The molecule has 5 rings (SSSR count). The lowest BCUT2D eigenvalue weighted by Crippen LogP contribution is -2.15. The summed E-state index contributed by atoms with van der Waals surface area (Å²) in [5.41, 5.74) is 11.0. The Labute approximate surface area is 231 Å². The maximum absolute atomic E-state index is 13.4. The molecule has 11 heteroatoms. The molecular weight excluding hydrogens is 512 g/mol. The number of nitrogens with one attached hydrogen (secondary N) is 1. The monoisotopic (exact) mass is 544 g/mol. The van der Waals surface area contributed by atoms with E-state index in [1.54, 1.807) is 31.9 Å². The molecule has 3 N–H and O–H groups in total. The first-order chi connectivity index (χ1) is 18.9. The van der Waals surface area contributed by atoms with Crippen LogP contribution in [-0.2, 0) is 0 Å². The molecular formula is C28H32N8O2S. The van der Waals surface area contributed by atoms with E-state index in [2.05, 4.69) is 35.2 Å².